The van der Waals surface area contributed by atoms with Crippen LogP contribution in [0.4, 0.5) is 0 Å². The van der Waals surface area contributed by atoms with E-state index in [1.807, 2.05) is 31.3 Å². The number of piperidine rings is 1. The SMILES string of the molecule is CN(CCCN1CCCCC1)C(=O)c1cc2ccccc2cc1O. The van der Waals surface area contributed by atoms with Crippen LogP contribution in [0.1, 0.15) is 36.0 Å². The summed E-state index contributed by atoms with van der Waals surface area (Å²) in [7, 11) is 1.81. The molecule has 4 heteroatoms. The van der Waals surface area contributed by atoms with E-state index >= 15 is 0 Å². The molecule has 1 N–H and O–H groups in total. The Bertz CT molecular complexity index is 708. The quantitative estimate of drug-likeness (QED) is 0.914. The zero-order valence-electron chi connectivity index (χ0n) is 14.4. The van der Waals surface area contributed by atoms with Crippen molar-refractivity contribution in [3.05, 3.63) is 42.0 Å². The van der Waals surface area contributed by atoms with Crippen molar-refractivity contribution in [2.45, 2.75) is 25.7 Å². The van der Waals surface area contributed by atoms with Crippen LogP contribution >= 0.6 is 0 Å². The maximum Gasteiger partial charge on any atom is 0.257 e. The summed E-state index contributed by atoms with van der Waals surface area (Å²) in [6, 6.07) is 11.2. The molecule has 1 aliphatic heterocycles. The number of carbonyl (C=O) groups is 1. The van der Waals surface area contributed by atoms with Crippen LogP contribution in [0.15, 0.2) is 36.4 Å². The first kappa shape index (κ1) is 16.8. The van der Waals surface area contributed by atoms with Gasteiger partial charge in [-0.1, -0.05) is 30.7 Å². The summed E-state index contributed by atoms with van der Waals surface area (Å²) in [4.78, 5) is 16.8. The van der Waals surface area contributed by atoms with E-state index in [1.54, 1.807) is 17.0 Å². The van der Waals surface area contributed by atoms with Gasteiger partial charge in [-0.05, 0) is 61.8 Å². The Morgan fingerprint density at radius 3 is 2.50 bits per heavy atom. The van der Waals surface area contributed by atoms with Gasteiger partial charge in [-0.3, -0.25) is 4.79 Å². The zero-order valence-corrected chi connectivity index (χ0v) is 14.4. The van der Waals surface area contributed by atoms with Crippen molar-refractivity contribution >= 4 is 16.7 Å². The van der Waals surface area contributed by atoms with Gasteiger partial charge in [0, 0.05) is 13.6 Å². The lowest BCUT2D eigenvalue weighted by Gasteiger charge is -2.27. The molecule has 24 heavy (non-hydrogen) atoms. The average Bonchev–Trinajstić information content (AvgIpc) is 2.61. The minimum Gasteiger partial charge on any atom is -0.507 e. The molecular weight excluding hydrogens is 300 g/mol. The number of amides is 1. The first-order valence-electron chi connectivity index (χ1n) is 8.85. The molecule has 1 amide bonds. The van der Waals surface area contributed by atoms with Crippen molar-refractivity contribution in [1.29, 1.82) is 0 Å². The lowest BCUT2D eigenvalue weighted by Crippen LogP contribution is -2.34. The number of benzene rings is 2. The van der Waals surface area contributed by atoms with Gasteiger partial charge in [0.2, 0.25) is 0 Å². The van der Waals surface area contributed by atoms with E-state index in [1.165, 1.54) is 32.4 Å². The van der Waals surface area contributed by atoms with E-state index in [9.17, 15) is 9.90 Å². The Hall–Kier alpha value is -2.07. The summed E-state index contributed by atoms with van der Waals surface area (Å²) in [5, 5.41) is 12.1. The summed E-state index contributed by atoms with van der Waals surface area (Å²) >= 11 is 0. The molecule has 3 rings (SSSR count). The largest absolute Gasteiger partial charge is 0.507 e. The molecule has 2 aromatic rings. The van der Waals surface area contributed by atoms with Crippen LogP contribution in [-0.4, -0.2) is 54.0 Å². The maximum atomic E-state index is 12.6. The Morgan fingerprint density at radius 1 is 1.12 bits per heavy atom. The molecule has 0 bridgehead atoms. The van der Waals surface area contributed by atoms with Gasteiger partial charge < -0.3 is 14.9 Å². The van der Waals surface area contributed by atoms with Crippen molar-refractivity contribution in [2.24, 2.45) is 0 Å². The highest BCUT2D eigenvalue weighted by Gasteiger charge is 2.17. The fraction of sp³-hybridized carbons (Fsp3) is 0.450. The monoisotopic (exact) mass is 326 g/mol. The predicted molar refractivity (Wildman–Crippen MR) is 97.5 cm³/mol. The van der Waals surface area contributed by atoms with Gasteiger partial charge in [-0.15, -0.1) is 0 Å². The number of aromatic hydroxyl groups is 1. The third-order valence-corrected chi connectivity index (χ3v) is 4.86. The number of fused-ring (bicyclic) bond motifs is 1. The van der Waals surface area contributed by atoms with Crippen LogP contribution in [-0.2, 0) is 0 Å². The Kier molecular flexibility index (Phi) is 5.36. The van der Waals surface area contributed by atoms with Crippen LogP contribution in [0.25, 0.3) is 10.8 Å². The second kappa shape index (κ2) is 7.67. The van der Waals surface area contributed by atoms with Gasteiger partial charge >= 0.3 is 0 Å². The minimum atomic E-state index is -0.114. The molecule has 0 radical (unpaired) electrons. The fourth-order valence-electron chi connectivity index (χ4n) is 3.42. The smallest absolute Gasteiger partial charge is 0.257 e. The third-order valence-electron chi connectivity index (χ3n) is 4.86. The van der Waals surface area contributed by atoms with Crippen molar-refractivity contribution < 1.29 is 9.90 Å². The summed E-state index contributed by atoms with van der Waals surface area (Å²) in [5.41, 5.74) is 0.383. The summed E-state index contributed by atoms with van der Waals surface area (Å²) < 4.78 is 0. The molecule has 1 aliphatic rings. The third kappa shape index (κ3) is 3.88. The van der Waals surface area contributed by atoms with Crippen molar-refractivity contribution in [3.63, 3.8) is 0 Å². The zero-order chi connectivity index (χ0) is 16.9. The van der Waals surface area contributed by atoms with Gasteiger partial charge in [0.15, 0.2) is 0 Å². The Labute approximate surface area is 143 Å². The van der Waals surface area contributed by atoms with Crippen molar-refractivity contribution in [1.82, 2.24) is 9.80 Å². The molecule has 2 aromatic carbocycles. The van der Waals surface area contributed by atoms with E-state index in [0.717, 1.165) is 23.7 Å². The van der Waals surface area contributed by atoms with E-state index in [2.05, 4.69) is 4.90 Å². The fourth-order valence-corrected chi connectivity index (χ4v) is 3.42. The second-order valence-electron chi connectivity index (χ2n) is 6.70. The number of nitrogens with zero attached hydrogens (tertiary/aromatic N) is 2. The number of rotatable bonds is 5. The van der Waals surface area contributed by atoms with Crippen LogP contribution in [0, 0.1) is 0 Å². The number of carbonyl (C=O) groups excluding carboxylic acids is 1. The lowest BCUT2D eigenvalue weighted by atomic mass is 10.0. The second-order valence-corrected chi connectivity index (χ2v) is 6.70. The van der Waals surface area contributed by atoms with E-state index in [-0.39, 0.29) is 11.7 Å². The average molecular weight is 326 g/mol. The standard InChI is InChI=1S/C20H26N2O2/c1-21(10-7-13-22-11-5-2-6-12-22)20(24)18-14-16-8-3-4-9-17(16)15-19(18)23/h3-4,8-9,14-15,23H,2,5-7,10-13H2,1H3. The number of likely N-dealkylation sites (tertiary alicyclic amines) is 1. The highest BCUT2D eigenvalue weighted by molar-refractivity contribution is 6.01. The Balaban J connectivity index is 1.61. The van der Waals surface area contributed by atoms with Crippen LogP contribution in [0.5, 0.6) is 5.75 Å². The molecule has 0 spiro atoms. The van der Waals surface area contributed by atoms with Crippen LogP contribution < -0.4 is 0 Å². The summed E-state index contributed by atoms with van der Waals surface area (Å²) in [6.07, 6.45) is 4.90. The van der Waals surface area contributed by atoms with E-state index < -0.39 is 0 Å². The first-order chi connectivity index (χ1) is 11.6. The molecular formula is C20H26N2O2. The number of hydrogen-bond acceptors (Lipinski definition) is 3. The molecule has 128 valence electrons. The lowest BCUT2D eigenvalue weighted by molar-refractivity contribution is 0.0784. The molecule has 1 saturated heterocycles. The molecule has 1 heterocycles. The van der Waals surface area contributed by atoms with Crippen LogP contribution in [0.3, 0.4) is 0 Å². The Morgan fingerprint density at radius 2 is 1.79 bits per heavy atom. The van der Waals surface area contributed by atoms with Gasteiger partial charge in [-0.2, -0.15) is 0 Å². The number of phenolic OH excluding ortho intramolecular Hbond substituents is 1. The first-order valence-corrected chi connectivity index (χ1v) is 8.85. The minimum absolute atomic E-state index is 0.0570. The van der Waals surface area contributed by atoms with Crippen molar-refractivity contribution in [3.8, 4) is 5.75 Å². The van der Waals surface area contributed by atoms with Gasteiger partial charge in [0.05, 0.1) is 5.56 Å². The molecule has 0 atom stereocenters. The van der Waals surface area contributed by atoms with E-state index in [4.69, 9.17) is 0 Å². The van der Waals surface area contributed by atoms with Crippen molar-refractivity contribution in [2.75, 3.05) is 33.2 Å². The molecule has 4 nitrogen and oxygen atoms in total. The summed E-state index contributed by atoms with van der Waals surface area (Å²) in [5.74, 6) is -0.0570. The predicted octanol–water partition coefficient (Wildman–Crippen LogP) is 3.49. The normalized spacial score (nSPS) is 15.5. The highest BCUT2D eigenvalue weighted by atomic mass is 16.3. The topological polar surface area (TPSA) is 43.8 Å². The maximum absolute atomic E-state index is 12.6. The van der Waals surface area contributed by atoms with Gasteiger partial charge in [0.25, 0.3) is 5.91 Å². The molecule has 0 unspecified atom stereocenters. The van der Waals surface area contributed by atoms with Gasteiger partial charge in [0.1, 0.15) is 5.75 Å². The van der Waals surface area contributed by atoms with Gasteiger partial charge in [-0.25, -0.2) is 0 Å². The molecule has 1 fully saturated rings. The van der Waals surface area contributed by atoms with E-state index in [0.29, 0.717) is 12.1 Å². The number of hydrogen-bond donors (Lipinski definition) is 1. The molecule has 0 aromatic heterocycles. The highest BCUT2D eigenvalue weighted by Crippen LogP contribution is 2.26. The molecule has 0 aliphatic carbocycles. The number of phenols is 1. The summed E-state index contributed by atoms with van der Waals surface area (Å²) in [6.45, 7) is 4.12. The van der Waals surface area contributed by atoms with Crippen LogP contribution in [0.2, 0.25) is 0 Å². The molecule has 0 saturated carbocycles.